The van der Waals surface area contributed by atoms with Crippen molar-refractivity contribution in [3.63, 3.8) is 0 Å². The SMILES string of the molecule is NCC(N(C1CCCCC1)C1CCCCC1)C(F)(F)F. The number of alkyl halides is 3. The van der Waals surface area contributed by atoms with E-state index in [4.69, 9.17) is 5.73 Å². The highest BCUT2D eigenvalue weighted by Gasteiger charge is 2.47. The second-order valence-electron chi connectivity index (χ2n) is 6.32. The Bertz CT molecular complexity index is 263. The van der Waals surface area contributed by atoms with Crippen molar-refractivity contribution in [1.29, 1.82) is 0 Å². The van der Waals surface area contributed by atoms with Crippen molar-refractivity contribution in [2.24, 2.45) is 5.73 Å². The molecule has 2 N–H and O–H groups in total. The van der Waals surface area contributed by atoms with Crippen LogP contribution >= 0.6 is 0 Å². The molecule has 0 heterocycles. The Kier molecular flexibility index (Phi) is 5.73. The third-order valence-electron chi connectivity index (χ3n) is 4.95. The first-order valence-corrected chi connectivity index (χ1v) is 8.08. The fourth-order valence-electron chi connectivity index (χ4n) is 3.99. The second kappa shape index (κ2) is 7.12. The molecule has 1 atom stereocenters. The van der Waals surface area contributed by atoms with Gasteiger partial charge in [0.15, 0.2) is 0 Å². The van der Waals surface area contributed by atoms with Crippen LogP contribution in [0.5, 0.6) is 0 Å². The van der Waals surface area contributed by atoms with Gasteiger partial charge in [-0.15, -0.1) is 0 Å². The molecule has 5 heteroatoms. The van der Waals surface area contributed by atoms with Crippen LogP contribution in [0, 0.1) is 0 Å². The van der Waals surface area contributed by atoms with Crippen LogP contribution in [0.25, 0.3) is 0 Å². The normalized spacial score (nSPS) is 25.1. The van der Waals surface area contributed by atoms with Crippen LogP contribution < -0.4 is 5.73 Å². The van der Waals surface area contributed by atoms with E-state index in [2.05, 4.69) is 0 Å². The zero-order chi connectivity index (χ0) is 14.6. The molecule has 2 aliphatic carbocycles. The molecule has 118 valence electrons. The minimum absolute atomic E-state index is 0.0852. The van der Waals surface area contributed by atoms with Crippen LogP contribution in [0.3, 0.4) is 0 Å². The van der Waals surface area contributed by atoms with Crippen molar-refractivity contribution in [3.8, 4) is 0 Å². The van der Waals surface area contributed by atoms with E-state index in [1.54, 1.807) is 4.90 Å². The Morgan fingerprint density at radius 3 is 1.55 bits per heavy atom. The maximum absolute atomic E-state index is 13.4. The van der Waals surface area contributed by atoms with Crippen LogP contribution in [-0.4, -0.2) is 35.7 Å². The molecule has 0 spiro atoms. The molecule has 2 fully saturated rings. The van der Waals surface area contributed by atoms with E-state index < -0.39 is 12.2 Å². The second-order valence-corrected chi connectivity index (χ2v) is 6.32. The van der Waals surface area contributed by atoms with Gasteiger partial charge in [-0.2, -0.15) is 13.2 Å². The summed E-state index contributed by atoms with van der Waals surface area (Å²) in [7, 11) is 0. The summed E-state index contributed by atoms with van der Waals surface area (Å²) in [6.45, 7) is -0.309. The molecule has 0 saturated heterocycles. The molecule has 0 bridgehead atoms. The number of rotatable bonds is 4. The summed E-state index contributed by atoms with van der Waals surface area (Å²) in [5.41, 5.74) is 5.51. The van der Waals surface area contributed by atoms with Crippen molar-refractivity contribution >= 4 is 0 Å². The number of nitrogens with two attached hydrogens (primary N) is 1. The van der Waals surface area contributed by atoms with Gasteiger partial charge in [-0.3, -0.25) is 4.90 Å². The van der Waals surface area contributed by atoms with Crippen LogP contribution in [0.1, 0.15) is 64.2 Å². The van der Waals surface area contributed by atoms with Crippen molar-refractivity contribution in [1.82, 2.24) is 4.90 Å². The van der Waals surface area contributed by atoms with E-state index in [0.29, 0.717) is 0 Å². The van der Waals surface area contributed by atoms with Crippen LogP contribution in [0.4, 0.5) is 13.2 Å². The summed E-state index contributed by atoms with van der Waals surface area (Å²) in [6, 6.07) is -1.28. The fraction of sp³-hybridized carbons (Fsp3) is 1.00. The smallest absolute Gasteiger partial charge is 0.329 e. The minimum atomic E-state index is -4.20. The molecule has 0 aromatic heterocycles. The highest BCUT2D eigenvalue weighted by Crippen LogP contribution is 2.36. The topological polar surface area (TPSA) is 29.3 Å². The van der Waals surface area contributed by atoms with Gasteiger partial charge in [0, 0.05) is 18.6 Å². The average Bonchev–Trinajstić information content (AvgIpc) is 2.45. The lowest BCUT2D eigenvalue weighted by Crippen LogP contribution is -2.59. The lowest BCUT2D eigenvalue weighted by atomic mass is 9.87. The minimum Gasteiger partial charge on any atom is -0.329 e. The summed E-state index contributed by atoms with van der Waals surface area (Å²) in [5.74, 6) is 0. The van der Waals surface area contributed by atoms with Crippen molar-refractivity contribution in [2.45, 2.75) is 88.5 Å². The lowest BCUT2D eigenvalue weighted by molar-refractivity contribution is -0.197. The molecular formula is C15H27F3N2. The first-order chi connectivity index (χ1) is 9.54. The van der Waals surface area contributed by atoms with Gasteiger partial charge in [-0.25, -0.2) is 0 Å². The standard InChI is InChI=1S/C15H27F3N2/c16-15(17,18)14(11-19)20(12-7-3-1-4-8-12)13-9-5-2-6-10-13/h12-14H,1-11,19H2. The monoisotopic (exact) mass is 292 g/mol. The molecule has 0 aromatic rings. The molecule has 0 amide bonds. The molecule has 2 nitrogen and oxygen atoms in total. The van der Waals surface area contributed by atoms with Gasteiger partial charge < -0.3 is 5.73 Å². The molecule has 2 saturated carbocycles. The van der Waals surface area contributed by atoms with Gasteiger partial charge in [-0.1, -0.05) is 38.5 Å². The van der Waals surface area contributed by atoms with Crippen molar-refractivity contribution < 1.29 is 13.2 Å². The summed E-state index contributed by atoms with van der Waals surface area (Å²) < 4.78 is 40.1. The van der Waals surface area contributed by atoms with Gasteiger partial charge in [0.2, 0.25) is 0 Å². The van der Waals surface area contributed by atoms with Crippen molar-refractivity contribution in [2.75, 3.05) is 6.54 Å². The maximum atomic E-state index is 13.4. The van der Waals surface area contributed by atoms with Gasteiger partial charge >= 0.3 is 6.18 Å². The van der Waals surface area contributed by atoms with E-state index in [9.17, 15) is 13.2 Å². The zero-order valence-corrected chi connectivity index (χ0v) is 12.2. The fourth-order valence-corrected chi connectivity index (χ4v) is 3.99. The molecule has 2 aliphatic rings. The van der Waals surface area contributed by atoms with Crippen LogP contribution in [-0.2, 0) is 0 Å². The summed E-state index contributed by atoms with van der Waals surface area (Å²) in [5, 5.41) is 0. The van der Waals surface area contributed by atoms with E-state index in [-0.39, 0.29) is 18.6 Å². The first-order valence-electron chi connectivity index (χ1n) is 8.08. The number of hydrogen-bond acceptors (Lipinski definition) is 2. The molecule has 0 aliphatic heterocycles. The quantitative estimate of drug-likeness (QED) is 0.853. The zero-order valence-electron chi connectivity index (χ0n) is 12.2. The van der Waals surface area contributed by atoms with Gasteiger partial charge in [0.1, 0.15) is 6.04 Å². The lowest BCUT2D eigenvalue weighted by Gasteiger charge is -2.46. The molecular weight excluding hydrogens is 265 g/mol. The Morgan fingerprint density at radius 2 is 1.25 bits per heavy atom. The number of nitrogens with zero attached hydrogens (tertiary/aromatic N) is 1. The summed E-state index contributed by atoms with van der Waals surface area (Å²) >= 11 is 0. The van der Waals surface area contributed by atoms with Crippen LogP contribution in [0.15, 0.2) is 0 Å². The Morgan fingerprint density at radius 1 is 0.850 bits per heavy atom. The molecule has 2 rings (SSSR count). The van der Waals surface area contributed by atoms with Gasteiger partial charge in [0.05, 0.1) is 0 Å². The number of hydrogen-bond donors (Lipinski definition) is 1. The Balaban J connectivity index is 2.16. The van der Waals surface area contributed by atoms with E-state index in [1.165, 1.54) is 0 Å². The summed E-state index contributed by atoms with van der Waals surface area (Å²) in [6.07, 6.45) is 5.97. The van der Waals surface area contributed by atoms with Gasteiger partial charge in [-0.05, 0) is 25.7 Å². The predicted molar refractivity (Wildman–Crippen MR) is 74.5 cm³/mol. The predicted octanol–water partition coefficient (Wildman–Crippen LogP) is 3.84. The Hall–Kier alpha value is -0.290. The molecule has 0 aromatic carbocycles. The third kappa shape index (κ3) is 3.88. The van der Waals surface area contributed by atoms with Crippen LogP contribution in [0.2, 0.25) is 0 Å². The molecule has 1 unspecified atom stereocenters. The largest absolute Gasteiger partial charge is 0.405 e. The molecule has 0 radical (unpaired) electrons. The van der Waals surface area contributed by atoms with E-state index in [1.807, 2.05) is 0 Å². The summed E-state index contributed by atoms with van der Waals surface area (Å²) in [4.78, 5) is 1.78. The highest BCUT2D eigenvalue weighted by atomic mass is 19.4. The van der Waals surface area contributed by atoms with E-state index in [0.717, 1.165) is 64.2 Å². The molecule has 20 heavy (non-hydrogen) atoms. The maximum Gasteiger partial charge on any atom is 0.405 e. The average molecular weight is 292 g/mol. The Labute approximate surface area is 119 Å². The third-order valence-corrected chi connectivity index (χ3v) is 4.95. The highest BCUT2D eigenvalue weighted by molar-refractivity contribution is 4.91. The van der Waals surface area contributed by atoms with Gasteiger partial charge in [0.25, 0.3) is 0 Å². The number of halogens is 3. The van der Waals surface area contributed by atoms with E-state index >= 15 is 0 Å². The first kappa shape index (κ1) is 16.1. The van der Waals surface area contributed by atoms with Crippen molar-refractivity contribution in [3.05, 3.63) is 0 Å².